The maximum absolute atomic E-state index is 14.4. The summed E-state index contributed by atoms with van der Waals surface area (Å²) >= 11 is 0.736. The van der Waals surface area contributed by atoms with Crippen molar-refractivity contribution in [3.8, 4) is 10.4 Å². The molecule has 8 nitrogen and oxygen atoms in total. The fourth-order valence-corrected chi connectivity index (χ4v) is 6.72. The number of anilines is 1. The SMILES string of the molecule is C[C@H](Nc1cc(C(F)(F)F)c(-c2sc(C(=O)NCC(C)(C)O)nc2C(=O)N2C3CCC2CC3)cn1)C1CCC1. The summed E-state index contributed by atoms with van der Waals surface area (Å²) in [6, 6.07) is 1.02. The van der Waals surface area contributed by atoms with Gasteiger partial charge >= 0.3 is 6.18 Å². The first kappa shape index (κ1) is 27.8. The Kier molecular flexibility index (Phi) is 7.38. The number of hydrogen-bond donors (Lipinski definition) is 3. The van der Waals surface area contributed by atoms with Crippen LogP contribution in [0, 0.1) is 5.92 Å². The van der Waals surface area contributed by atoms with E-state index in [-0.39, 0.29) is 51.6 Å². The molecule has 39 heavy (non-hydrogen) atoms. The van der Waals surface area contributed by atoms with Gasteiger partial charge in [0.05, 0.1) is 16.0 Å². The maximum Gasteiger partial charge on any atom is 0.417 e. The molecule has 1 saturated carbocycles. The molecule has 5 rings (SSSR count). The molecule has 212 valence electrons. The number of alkyl halides is 3. The second-order valence-corrected chi connectivity index (χ2v) is 12.6. The first-order valence-electron chi connectivity index (χ1n) is 13.5. The van der Waals surface area contributed by atoms with Crippen molar-refractivity contribution >= 4 is 29.0 Å². The van der Waals surface area contributed by atoms with E-state index in [4.69, 9.17) is 0 Å². The Morgan fingerprint density at radius 1 is 1.15 bits per heavy atom. The molecular formula is C27H34F3N5O3S. The van der Waals surface area contributed by atoms with Crippen LogP contribution in [-0.2, 0) is 6.18 Å². The monoisotopic (exact) mass is 565 g/mol. The molecule has 3 aliphatic rings. The highest BCUT2D eigenvalue weighted by atomic mass is 32.1. The van der Waals surface area contributed by atoms with Crippen LogP contribution in [0.2, 0.25) is 0 Å². The van der Waals surface area contributed by atoms with Gasteiger partial charge in [-0.15, -0.1) is 11.3 Å². The van der Waals surface area contributed by atoms with E-state index < -0.39 is 29.2 Å². The number of fused-ring (bicyclic) bond motifs is 2. The zero-order valence-corrected chi connectivity index (χ0v) is 23.1. The molecule has 0 spiro atoms. The van der Waals surface area contributed by atoms with E-state index in [2.05, 4.69) is 20.6 Å². The van der Waals surface area contributed by atoms with Crippen LogP contribution >= 0.6 is 11.3 Å². The number of aromatic nitrogens is 2. The van der Waals surface area contributed by atoms with Crippen LogP contribution < -0.4 is 10.6 Å². The van der Waals surface area contributed by atoms with Crippen LogP contribution in [0.5, 0.6) is 0 Å². The minimum Gasteiger partial charge on any atom is -0.389 e. The van der Waals surface area contributed by atoms with Gasteiger partial charge in [-0.1, -0.05) is 6.42 Å². The molecule has 2 aromatic heterocycles. The van der Waals surface area contributed by atoms with Gasteiger partial charge in [0, 0.05) is 36.4 Å². The lowest BCUT2D eigenvalue weighted by Gasteiger charge is -2.32. The topological polar surface area (TPSA) is 107 Å². The van der Waals surface area contributed by atoms with E-state index in [1.54, 1.807) is 4.90 Å². The van der Waals surface area contributed by atoms with Gasteiger partial charge in [0.2, 0.25) is 0 Å². The molecule has 0 radical (unpaired) electrons. The molecule has 0 unspecified atom stereocenters. The van der Waals surface area contributed by atoms with Gasteiger partial charge in [-0.25, -0.2) is 9.97 Å². The largest absolute Gasteiger partial charge is 0.417 e. The van der Waals surface area contributed by atoms with Gasteiger partial charge in [0.25, 0.3) is 11.8 Å². The number of rotatable bonds is 8. The van der Waals surface area contributed by atoms with E-state index in [1.165, 1.54) is 13.8 Å². The minimum atomic E-state index is -4.73. The first-order valence-corrected chi connectivity index (χ1v) is 14.3. The minimum absolute atomic E-state index is 0.0181. The summed E-state index contributed by atoms with van der Waals surface area (Å²) in [5.74, 6) is -0.612. The number of carbonyl (C=O) groups excluding carboxylic acids is 2. The third-order valence-electron chi connectivity index (χ3n) is 8.08. The lowest BCUT2D eigenvalue weighted by atomic mass is 9.80. The number of nitrogens with zero attached hydrogens (tertiary/aromatic N) is 3. The zero-order chi connectivity index (χ0) is 28.1. The van der Waals surface area contributed by atoms with Gasteiger partial charge in [-0.05, 0) is 71.3 Å². The highest BCUT2D eigenvalue weighted by Crippen LogP contribution is 2.44. The van der Waals surface area contributed by atoms with Crippen LogP contribution in [-0.4, -0.2) is 62.1 Å². The Balaban J connectivity index is 1.54. The molecule has 4 heterocycles. The number of halogens is 3. The maximum atomic E-state index is 14.4. The molecule has 3 N–H and O–H groups in total. The molecule has 2 aliphatic heterocycles. The normalized spacial score (nSPS) is 22.1. The molecule has 0 aromatic carbocycles. The van der Waals surface area contributed by atoms with Crippen molar-refractivity contribution in [3.63, 3.8) is 0 Å². The van der Waals surface area contributed by atoms with Crippen molar-refractivity contribution < 1.29 is 27.9 Å². The third-order valence-corrected chi connectivity index (χ3v) is 9.17. The average molecular weight is 566 g/mol. The molecular weight excluding hydrogens is 531 g/mol. The van der Waals surface area contributed by atoms with E-state index in [0.29, 0.717) is 5.92 Å². The van der Waals surface area contributed by atoms with Crippen molar-refractivity contribution in [1.29, 1.82) is 0 Å². The van der Waals surface area contributed by atoms with Gasteiger partial charge in [0.1, 0.15) is 11.5 Å². The Labute approximate surface area is 229 Å². The summed E-state index contributed by atoms with van der Waals surface area (Å²) in [6.45, 7) is 4.88. The summed E-state index contributed by atoms with van der Waals surface area (Å²) in [4.78, 5) is 36.9. The zero-order valence-electron chi connectivity index (χ0n) is 22.3. The number of amides is 2. The van der Waals surface area contributed by atoms with Gasteiger partial charge in [-0.2, -0.15) is 13.2 Å². The Morgan fingerprint density at radius 3 is 2.33 bits per heavy atom. The molecule has 2 saturated heterocycles. The standard InChI is InChI=1S/C27H34F3N5O3S/c1-14(15-5-4-6-15)33-20-11-19(27(28,29)30)18(12-31-20)22-21(25(37)35-16-7-8-17(35)10-9-16)34-24(39-22)23(36)32-13-26(2,3)38/h11-12,14-17,38H,4-10,13H2,1-3H3,(H,31,33)(H,32,36)/t14-,16?,17?/m0/s1. The van der Waals surface area contributed by atoms with E-state index in [9.17, 15) is 27.9 Å². The fourth-order valence-electron chi connectivity index (χ4n) is 5.72. The highest BCUT2D eigenvalue weighted by molar-refractivity contribution is 7.17. The molecule has 1 aliphatic carbocycles. The molecule has 2 amide bonds. The Morgan fingerprint density at radius 2 is 1.79 bits per heavy atom. The van der Waals surface area contributed by atoms with Crippen LogP contribution in [0.25, 0.3) is 10.4 Å². The average Bonchev–Trinajstić information content (AvgIpc) is 3.54. The van der Waals surface area contributed by atoms with Crippen molar-refractivity contribution in [3.05, 3.63) is 28.5 Å². The first-order chi connectivity index (χ1) is 18.3. The molecule has 2 aromatic rings. The summed E-state index contributed by atoms with van der Waals surface area (Å²) in [5.41, 5.74) is -2.58. The van der Waals surface area contributed by atoms with Crippen LogP contribution in [0.15, 0.2) is 12.3 Å². The molecule has 1 atom stereocenters. The second-order valence-electron chi connectivity index (χ2n) is 11.6. The van der Waals surface area contributed by atoms with E-state index in [0.717, 1.165) is 68.5 Å². The summed E-state index contributed by atoms with van der Waals surface area (Å²) in [7, 11) is 0. The Bertz CT molecular complexity index is 1230. The van der Waals surface area contributed by atoms with Crippen LogP contribution in [0.4, 0.5) is 19.0 Å². The lowest BCUT2D eigenvalue weighted by molar-refractivity contribution is -0.137. The smallest absolute Gasteiger partial charge is 0.389 e. The number of thiazole rings is 1. The predicted octanol–water partition coefficient (Wildman–Crippen LogP) is 5.09. The number of hydrogen-bond acceptors (Lipinski definition) is 7. The third kappa shape index (κ3) is 5.77. The van der Waals surface area contributed by atoms with Crippen LogP contribution in [0.1, 0.15) is 91.6 Å². The van der Waals surface area contributed by atoms with E-state index >= 15 is 0 Å². The fraction of sp³-hybridized carbons (Fsp3) is 0.630. The van der Waals surface area contributed by atoms with Gasteiger partial charge in [-0.3, -0.25) is 9.59 Å². The highest BCUT2D eigenvalue weighted by Gasteiger charge is 2.45. The Hall–Kier alpha value is -2.73. The molecule has 2 bridgehead atoms. The van der Waals surface area contributed by atoms with Crippen molar-refractivity contribution in [2.75, 3.05) is 11.9 Å². The summed E-state index contributed by atoms with van der Waals surface area (Å²) in [5, 5.41) is 15.5. The van der Waals surface area contributed by atoms with Gasteiger partial charge in [0.15, 0.2) is 5.01 Å². The second kappa shape index (κ2) is 10.3. The predicted molar refractivity (Wildman–Crippen MR) is 142 cm³/mol. The summed E-state index contributed by atoms with van der Waals surface area (Å²) < 4.78 is 43.2. The number of aliphatic hydroxyl groups is 1. The van der Waals surface area contributed by atoms with Crippen molar-refractivity contribution in [2.24, 2.45) is 5.92 Å². The number of pyridine rings is 1. The quantitative estimate of drug-likeness (QED) is 0.412. The molecule has 3 fully saturated rings. The van der Waals surface area contributed by atoms with E-state index in [1.807, 2.05) is 6.92 Å². The summed E-state index contributed by atoms with van der Waals surface area (Å²) in [6.07, 6.45) is 2.97. The van der Waals surface area contributed by atoms with Gasteiger partial charge < -0.3 is 20.6 Å². The molecule has 12 heteroatoms. The van der Waals surface area contributed by atoms with Crippen LogP contribution in [0.3, 0.4) is 0 Å². The van der Waals surface area contributed by atoms with Crippen molar-refractivity contribution in [1.82, 2.24) is 20.2 Å². The van der Waals surface area contributed by atoms with Crippen molar-refractivity contribution in [2.45, 2.75) is 95.6 Å². The lowest BCUT2D eigenvalue weighted by Crippen LogP contribution is -2.38. The number of carbonyl (C=O) groups is 2. The number of nitrogens with one attached hydrogen (secondary N) is 2.